The van der Waals surface area contributed by atoms with Gasteiger partial charge in [-0.05, 0) is 18.1 Å². The minimum atomic E-state index is -1.53. The van der Waals surface area contributed by atoms with Gasteiger partial charge in [0.2, 0.25) is 17.7 Å². The van der Waals surface area contributed by atoms with E-state index in [-0.39, 0.29) is 6.04 Å². The molecule has 0 saturated carbocycles. The molecule has 0 aromatic heterocycles. The van der Waals surface area contributed by atoms with Gasteiger partial charge in [0.15, 0.2) is 6.04 Å². The third-order valence-corrected chi connectivity index (χ3v) is 3.70. The fourth-order valence-corrected chi connectivity index (χ4v) is 2.48. The molecule has 1 aromatic rings. The average Bonchev–Trinajstić information content (AvgIpc) is 2.94. The van der Waals surface area contributed by atoms with E-state index >= 15 is 0 Å². The second kappa shape index (κ2) is 6.73. The van der Waals surface area contributed by atoms with Crippen LogP contribution in [0.15, 0.2) is 24.3 Å². The number of carbonyl (C=O) groups excluding carboxylic acids is 3. The summed E-state index contributed by atoms with van der Waals surface area (Å²) in [6.07, 6.45) is 0.389. The SMILES string of the molecule is NC(=O)C(NC(=O)C1CC(c2ccccc2Cl)NN1)C(N)=O. The van der Waals surface area contributed by atoms with E-state index in [0.29, 0.717) is 11.4 Å². The Morgan fingerprint density at radius 1 is 1.18 bits per heavy atom. The first-order valence-corrected chi connectivity index (χ1v) is 6.92. The summed E-state index contributed by atoms with van der Waals surface area (Å²) < 4.78 is 0. The van der Waals surface area contributed by atoms with Gasteiger partial charge in [-0.25, -0.2) is 10.9 Å². The number of rotatable bonds is 5. The van der Waals surface area contributed by atoms with Crippen LogP contribution >= 0.6 is 11.6 Å². The quantitative estimate of drug-likeness (QED) is 0.428. The van der Waals surface area contributed by atoms with Gasteiger partial charge in [0.25, 0.3) is 0 Å². The van der Waals surface area contributed by atoms with Crippen molar-refractivity contribution >= 4 is 29.3 Å². The van der Waals surface area contributed by atoms with Crippen molar-refractivity contribution in [2.24, 2.45) is 11.5 Å². The highest BCUT2D eigenvalue weighted by molar-refractivity contribution is 6.31. The van der Waals surface area contributed by atoms with E-state index in [1.165, 1.54) is 0 Å². The van der Waals surface area contributed by atoms with Crippen LogP contribution in [0.4, 0.5) is 0 Å². The number of carbonyl (C=O) groups is 3. The van der Waals surface area contributed by atoms with Crippen LogP contribution < -0.4 is 27.6 Å². The summed E-state index contributed by atoms with van der Waals surface area (Å²) in [7, 11) is 0. The third-order valence-electron chi connectivity index (χ3n) is 3.36. The van der Waals surface area contributed by atoms with Crippen molar-refractivity contribution in [3.8, 4) is 0 Å². The number of hydrogen-bond acceptors (Lipinski definition) is 5. The van der Waals surface area contributed by atoms with E-state index < -0.39 is 29.8 Å². The molecule has 0 spiro atoms. The van der Waals surface area contributed by atoms with Gasteiger partial charge < -0.3 is 16.8 Å². The van der Waals surface area contributed by atoms with Crippen LogP contribution in [-0.2, 0) is 14.4 Å². The van der Waals surface area contributed by atoms with Crippen molar-refractivity contribution in [3.63, 3.8) is 0 Å². The maximum atomic E-state index is 12.1. The van der Waals surface area contributed by atoms with Gasteiger partial charge in [0, 0.05) is 11.1 Å². The highest BCUT2D eigenvalue weighted by Crippen LogP contribution is 2.28. The Morgan fingerprint density at radius 2 is 1.82 bits per heavy atom. The monoisotopic (exact) mass is 325 g/mol. The molecule has 2 atom stereocenters. The zero-order valence-electron chi connectivity index (χ0n) is 11.5. The number of benzene rings is 1. The highest BCUT2D eigenvalue weighted by atomic mass is 35.5. The van der Waals surface area contributed by atoms with Crippen molar-refractivity contribution in [2.75, 3.05) is 0 Å². The molecule has 7 N–H and O–H groups in total. The third kappa shape index (κ3) is 3.53. The predicted molar refractivity (Wildman–Crippen MR) is 79.2 cm³/mol. The van der Waals surface area contributed by atoms with E-state index in [9.17, 15) is 14.4 Å². The molecule has 118 valence electrons. The number of nitrogens with one attached hydrogen (secondary N) is 3. The van der Waals surface area contributed by atoms with Gasteiger partial charge >= 0.3 is 0 Å². The van der Waals surface area contributed by atoms with Crippen LogP contribution in [-0.4, -0.2) is 29.8 Å². The van der Waals surface area contributed by atoms with Crippen LogP contribution in [0.5, 0.6) is 0 Å². The summed E-state index contributed by atoms with van der Waals surface area (Å²) in [4.78, 5) is 34.2. The first-order chi connectivity index (χ1) is 10.4. The first kappa shape index (κ1) is 16.2. The molecular formula is C13H16ClN5O3. The molecule has 22 heavy (non-hydrogen) atoms. The van der Waals surface area contributed by atoms with Crippen LogP contribution in [0.3, 0.4) is 0 Å². The summed E-state index contributed by atoms with van der Waals surface area (Å²) in [6.45, 7) is 0. The van der Waals surface area contributed by atoms with Gasteiger partial charge in [-0.2, -0.15) is 0 Å². The molecule has 1 heterocycles. The molecule has 0 radical (unpaired) electrons. The molecule has 1 aromatic carbocycles. The Bertz CT molecular complexity index is 595. The van der Waals surface area contributed by atoms with Crippen molar-refractivity contribution < 1.29 is 14.4 Å². The lowest BCUT2D eigenvalue weighted by atomic mass is 10.0. The fraction of sp³-hybridized carbons (Fsp3) is 0.308. The number of amides is 3. The zero-order valence-corrected chi connectivity index (χ0v) is 12.3. The zero-order chi connectivity index (χ0) is 16.3. The Kier molecular flexibility index (Phi) is 4.96. The topological polar surface area (TPSA) is 139 Å². The normalized spacial score (nSPS) is 20.8. The molecule has 0 aliphatic carbocycles. The summed E-state index contributed by atoms with van der Waals surface area (Å²) in [5, 5.41) is 2.80. The van der Waals surface area contributed by atoms with Crippen molar-refractivity contribution in [3.05, 3.63) is 34.9 Å². The lowest BCUT2D eigenvalue weighted by molar-refractivity contribution is -0.134. The predicted octanol–water partition coefficient (Wildman–Crippen LogP) is -1.30. The van der Waals surface area contributed by atoms with Gasteiger partial charge in [-0.15, -0.1) is 0 Å². The van der Waals surface area contributed by atoms with Crippen molar-refractivity contribution in [1.29, 1.82) is 0 Å². The lowest BCUT2D eigenvalue weighted by Crippen LogP contribution is -2.56. The number of hydrogen-bond donors (Lipinski definition) is 5. The molecular weight excluding hydrogens is 310 g/mol. The second-order valence-corrected chi connectivity index (χ2v) is 5.30. The lowest BCUT2D eigenvalue weighted by Gasteiger charge is -2.15. The summed E-state index contributed by atoms with van der Waals surface area (Å²) >= 11 is 6.11. The standard InChI is InChI=1S/C13H16ClN5O3/c14-7-4-2-1-3-6(7)8-5-9(19-18-8)13(22)17-10(11(15)20)12(16)21/h1-4,8-10,18-19H,5H2,(H2,15,20)(H2,16,21)(H,17,22). The molecule has 2 unspecified atom stereocenters. The second-order valence-electron chi connectivity index (χ2n) is 4.90. The molecule has 1 aliphatic rings. The fourth-order valence-electron chi connectivity index (χ4n) is 2.22. The Balaban J connectivity index is 2.01. The molecule has 1 fully saturated rings. The van der Waals surface area contributed by atoms with E-state index in [4.69, 9.17) is 23.1 Å². The van der Waals surface area contributed by atoms with Crippen LogP contribution in [0.2, 0.25) is 5.02 Å². The summed E-state index contributed by atoms with van der Waals surface area (Å²) in [6, 6.07) is 4.89. The van der Waals surface area contributed by atoms with Gasteiger partial charge in [0.1, 0.15) is 6.04 Å². The number of halogens is 1. The summed E-state index contributed by atoms with van der Waals surface area (Å²) in [5.41, 5.74) is 16.6. The van der Waals surface area contributed by atoms with Crippen molar-refractivity contribution in [1.82, 2.24) is 16.2 Å². The van der Waals surface area contributed by atoms with Gasteiger partial charge in [0.05, 0.1) is 0 Å². The molecule has 2 rings (SSSR count). The van der Waals surface area contributed by atoms with E-state index in [1.54, 1.807) is 6.07 Å². The van der Waals surface area contributed by atoms with Gasteiger partial charge in [-0.1, -0.05) is 29.8 Å². The van der Waals surface area contributed by atoms with Crippen LogP contribution in [0.25, 0.3) is 0 Å². The number of hydrazine groups is 1. The molecule has 8 nitrogen and oxygen atoms in total. The average molecular weight is 326 g/mol. The molecule has 1 aliphatic heterocycles. The molecule has 0 bridgehead atoms. The summed E-state index contributed by atoms with van der Waals surface area (Å²) in [5.74, 6) is -2.56. The van der Waals surface area contributed by atoms with Crippen LogP contribution in [0.1, 0.15) is 18.0 Å². The minimum Gasteiger partial charge on any atom is -0.367 e. The highest BCUT2D eigenvalue weighted by Gasteiger charge is 2.34. The molecule has 9 heteroatoms. The molecule has 1 saturated heterocycles. The van der Waals surface area contributed by atoms with Crippen molar-refractivity contribution in [2.45, 2.75) is 24.5 Å². The molecule has 3 amide bonds. The smallest absolute Gasteiger partial charge is 0.249 e. The number of primary amides is 2. The number of nitrogens with two attached hydrogens (primary N) is 2. The maximum Gasteiger partial charge on any atom is 0.249 e. The van der Waals surface area contributed by atoms with E-state index in [0.717, 1.165) is 5.56 Å². The van der Waals surface area contributed by atoms with Crippen LogP contribution in [0, 0.1) is 0 Å². The Labute approximate surface area is 131 Å². The Hall–Kier alpha value is -2.16. The first-order valence-electron chi connectivity index (χ1n) is 6.54. The van der Waals surface area contributed by atoms with E-state index in [1.807, 2.05) is 18.2 Å². The van der Waals surface area contributed by atoms with E-state index in [2.05, 4.69) is 16.2 Å². The minimum absolute atomic E-state index is 0.176. The maximum absolute atomic E-state index is 12.1. The Morgan fingerprint density at radius 3 is 2.41 bits per heavy atom. The largest absolute Gasteiger partial charge is 0.367 e. The van der Waals surface area contributed by atoms with Gasteiger partial charge in [-0.3, -0.25) is 14.4 Å².